The second-order valence-electron chi connectivity index (χ2n) is 4.75. The van der Waals surface area contributed by atoms with Crippen LogP contribution in [0.25, 0.3) is 0 Å². The van der Waals surface area contributed by atoms with Gasteiger partial charge in [-0.05, 0) is 25.1 Å². The number of carbonyl (C=O) groups is 1. The minimum atomic E-state index is -0.661. The molecule has 0 fully saturated rings. The molecule has 0 heterocycles. The average Bonchev–Trinajstić information content (AvgIpc) is 2.58. The molecule has 0 aliphatic heterocycles. The van der Waals surface area contributed by atoms with Crippen LogP contribution in [0.5, 0.6) is 11.5 Å². The molecule has 0 spiro atoms. The van der Waals surface area contributed by atoms with Crippen LogP contribution < -0.4 is 15.2 Å². The van der Waals surface area contributed by atoms with Crippen LogP contribution in [0.1, 0.15) is 11.1 Å². The molecule has 23 heavy (non-hydrogen) atoms. The van der Waals surface area contributed by atoms with Gasteiger partial charge in [-0.15, -0.1) is 0 Å². The van der Waals surface area contributed by atoms with Crippen molar-refractivity contribution in [2.45, 2.75) is 6.92 Å². The van der Waals surface area contributed by atoms with E-state index in [9.17, 15) is 4.79 Å². The first-order chi connectivity index (χ1) is 11.1. The first-order valence-corrected chi connectivity index (χ1v) is 6.96. The maximum atomic E-state index is 11.7. The van der Waals surface area contributed by atoms with Gasteiger partial charge in [0.05, 0.1) is 7.11 Å². The molecule has 0 unspecified atom stereocenters. The fraction of sp³-hybridized carbons (Fsp3) is 0.176. The fourth-order valence-corrected chi connectivity index (χ4v) is 1.86. The van der Waals surface area contributed by atoms with E-state index in [-0.39, 0.29) is 12.4 Å². The van der Waals surface area contributed by atoms with Crippen LogP contribution in [-0.4, -0.2) is 25.5 Å². The van der Waals surface area contributed by atoms with Crippen molar-refractivity contribution in [3.05, 3.63) is 59.7 Å². The number of para-hydroxylation sites is 2. The molecule has 0 aliphatic rings. The highest BCUT2D eigenvalue weighted by molar-refractivity contribution is 5.97. The quantitative estimate of drug-likeness (QED) is 0.383. The van der Waals surface area contributed by atoms with Gasteiger partial charge in [-0.25, -0.2) is 4.79 Å². The molecule has 2 rings (SSSR count). The Hall–Kier alpha value is -3.02. The predicted molar refractivity (Wildman–Crippen MR) is 86.5 cm³/mol. The van der Waals surface area contributed by atoms with Gasteiger partial charge in [0.2, 0.25) is 0 Å². The summed E-state index contributed by atoms with van der Waals surface area (Å²) in [5, 5.41) is 3.62. The number of benzene rings is 2. The summed E-state index contributed by atoms with van der Waals surface area (Å²) in [6.07, 6.45) is 0. The summed E-state index contributed by atoms with van der Waals surface area (Å²) in [6, 6.07) is 14.4. The van der Waals surface area contributed by atoms with E-state index in [1.165, 1.54) is 7.11 Å². The van der Waals surface area contributed by atoms with Gasteiger partial charge in [-0.2, -0.15) is 0 Å². The zero-order valence-electron chi connectivity index (χ0n) is 13.0. The van der Waals surface area contributed by atoms with Gasteiger partial charge in [0.1, 0.15) is 0 Å². The molecular formula is C17H18N2O4. The van der Waals surface area contributed by atoms with Crippen molar-refractivity contribution in [1.82, 2.24) is 0 Å². The zero-order valence-corrected chi connectivity index (χ0v) is 13.0. The van der Waals surface area contributed by atoms with Crippen LogP contribution in [0.15, 0.2) is 53.7 Å². The van der Waals surface area contributed by atoms with Crippen molar-refractivity contribution in [1.29, 1.82) is 0 Å². The third kappa shape index (κ3) is 4.74. The molecule has 0 amide bonds. The van der Waals surface area contributed by atoms with E-state index in [4.69, 9.17) is 20.0 Å². The van der Waals surface area contributed by atoms with Crippen molar-refractivity contribution >= 4 is 11.8 Å². The van der Waals surface area contributed by atoms with Crippen molar-refractivity contribution in [3.8, 4) is 11.5 Å². The molecule has 0 saturated carbocycles. The maximum absolute atomic E-state index is 11.7. The minimum Gasteiger partial charge on any atom is -0.493 e. The Morgan fingerprint density at radius 1 is 1.13 bits per heavy atom. The SMILES string of the molecule is COc1ccccc1OCC(=O)ON=C(N)c1cccc(C)c1. The Bertz CT molecular complexity index is 713. The highest BCUT2D eigenvalue weighted by Gasteiger charge is 2.08. The van der Waals surface area contributed by atoms with Gasteiger partial charge >= 0.3 is 5.97 Å². The molecule has 0 atom stereocenters. The molecule has 0 saturated heterocycles. The number of methoxy groups -OCH3 is 1. The summed E-state index contributed by atoms with van der Waals surface area (Å²) in [5.74, 6) is 0.441. The topological polar surface area (TPSA) is 83.1 Å². The van der Waals surface area contributed by atoms with Crippen LogP contribution in [0.2, 0.25) is 0 Å². The maximum Gasteiger partial charge on any atom is 0.372 e. The monoisotopic (exact) mass is 314 g/mol. The number of nitrogens with zero attached hydrogens (tertiary/aromatic N) is 1. The summed E-state index contributed by atoms with van der Waals surface area (Å²) in [6.45, 7) is 1.63. The molecule has 2 aromatic rings. The van der Waals surface area contributed by atoms with Gasteiger partial charge in [-0.1, -0.05) is 41.1 Å². The van der Waals surface area contributed by atoms with Crippen LogP contribution in [-0.2, 0) is 9.63 Å². The van der Waals surface area contributed by atoms with Gasteiger partial charge in [0, 0.05) is 5.56 Å². The number of aryl methyl sites for hydroxylation is 1. The zero-order chi connectivity index (χ0) is 16.7. The van der Waals surface area contributed by atoms with E-state index in [0.29, 0.717) is 17.1 Å². The second kappa shape index (κ2) is 7.84. The van der Waals surface area contributed by atoms with E-state index in [0.717, 1.165) is 5.56 Å². The van der Waals surface area contributed by atoms with Crippen molar-refractivity contribution in [3.63, 3.8) is 0 Å². The van der Waals surface area contributed by atoms with E-state index >= 15 is 0 Å². The number of hydrogen-bond acceptors (Lipinski definition) is 5. The van der Waals surface area contributed by atoms with Crippen LogP contribution >= 0.6 is 0 Å². The van der Waals surface area contributed by atoms with E-state index < -0.39 is 5.97 Å². The van der Waals surface area contributed by atoms with Gasteiger partial charge in [0.15, 0.2) is 23.9 Å². The molecule has 0 aromatic heterocycles. The lowest BCUT2D eigenvalue weighted by molar-refractivity contribution is -0.146. The highest BCUT2D eigenvalue weighted by atomic mass is 16.7. The third-order valence-corrected chi connectivity index (χ3v) is 2.97. The molecule has 0 aliphatic carbocycles. The number of hydrogen-bond donors (Lipinski definition) is 1. The molecule has 2 aromatic carbocycles. The first-order valence-electron chi connectivity index (χ1n) is 6.96. The standard InChI is InChI=1S/C17H18N2O4/c1-12-6-5-7-13(10-12)17(18)19-23-16(20)11-22-15-9-4-3-8-14(15)21-2/h3-10H,11H2,1-2H3,(H2,18,19). The lowest BCUT2D eigenvalue weighted by atomic mass is 10.1. The molecule has 120 valence electrons. The van der Waals surface area contributed by atoms with Crippen LogP contribution in [0.4, 0.5) is 0 Å². The Kier molecular flexibility index (Phi) is 5.57. The number of amidine groups is 1. The molecule has 6 heteroatoms. The summed E-state index contributed by atoms with van der Waals surface area (Å²) < 4.78 is 10.5. The number of carbonyl (C=O) groups excluding carboxylic acids is 1. The number of nitrogens with two attached hydrogens (primary N) is 1. The average molecular weight is 314 g/mol. The molecule has 0 bridgehead atoms. The summed E-state index contributed by atoms with van der Waals surface area (Å²) in [7, 11) is 1.52. The number of oxime groups is 1. The number of rotatable bonds is 6. The largest absolute Gasteiger partial charge is 0.493 e. The van der Waals surface area contributed by atoms with Gasteiger partial charge < -0.3 is 20.0 Å². The van der Waals surface area contributed by atoms with Crippen molar-refractivity contribution in [2.24, 2.45) is 10.9 Å². The van der Waals surface area contributed by atoms with Crippen LogP contribution in [0.3, 0.4) is 0 Å². The molecule has 2 N–H and O–H groups in total. The lowest BCUT2D eigenvalue weighted by Crippen LogP contribution is -2.18. The lowest BCUT2D eigenvalue weighted by Gasteiger charge is -2.08. The molecule has 0 radical (unpaired) electrons. The van der Waals surface area contributed by atoms with Gasteiger partial charge in [-0.3, -0.25) is 0 Å². The molecule has 6 nitrogen and oxygen atoms in total. The van der Waals surface area contributed by atoms with Crippen LogP contribution in [0, 0.1) is 6.92 Å². The summed E-state index contributed by atoms with van der Waals surface area (Å²) in [4.78, 5) is 16.4. The Morgan fingerprint density at radius 3 is 2.57 bits per heavy atom. The predicted octanol–water partition coefficient (Wildman–Crippen LogP) is 2.25. The number of ether oxygens (including phenoxy) is 2. The van der Waals surface area contributed by atoms with Crippen molar-refractivity contribution in [2.75, 3.05) is 13.7 Å². The van der Waals surface area contributed by atoms with E-state index in [1.807, 2.05) is 25.1 Å². The summed E-state index contributed by atoms with van der Waals surface area (Å²) >= 11 is 0. The first kappa shape index (κ1) is 16.4. The smallest absolute Gasteiger partial charge is 0.372 e. The molecular weight excluding hydrogens is 296 g/mol. The fourth-order valence-electron chi connectivity index (χ4n) is 1.86. The summed E-state index contributed by atoms with van der Waals surface area (Å²) in [5.41, 5.74) is 7.49. The van der Waals surface area contributed by atoms with E-state index in [2.05, 4.69) is 5.16 Å². The Morgan fingerprint density at radius 2 is 1.87 bits per heavy atom. The third-order valence-electron chi connectivity index (χ3n) is 2.97. The normalized spacial score (nSPS) is 11.0. The van der Waals surface area contributed by atoms with E-state index in [1.54, 1.807) is 30.3 Å². The second-order valence-corrected chi connectivity index (χ2v) is 4.75. The minimum absolute atomic E-state index is 0.124. The Labute approximate surface area is 134 Å². The highest BCUT2D eigenvalue weighted by Crippen LogP contribution is 2.25. The Balaban J connectivity index is 1.91. The van der Waals surface area contributed by atoms with Crippen molar-refractivity contribution < 1.29 is 19.1 Å². The van der Waals surface area contributed by atoms with Gasteiger partial charge in [0.25, 0.3) is 0 Å².